The highest BCUT2D eigenvalue weighted by Gasteiger charge is 2.16. The molecular weight excluding hydrogens is 418 g/mol. The Labute approximate surface area is 182 Å². The van der Waals surface area contributed by atoms with E-state index in [1.807, 2.05) is 31.2 Å². The van der Waals surface area contributed by atoms with E-state index in [-0.39, 0.29) is 12.1 Å². The summed E-state index contributed by atoms with van der Waals surface area (Å²) in [6.07, 6.45) is 0.223. The van der Waals surface area contributed by atoms with Crippen molar-refractivity contribution in [3.05, 3.63) is 103 Å². The quantitative estimate of drug-likeness (QED) is 0.220. The molecule has 0 spiro atoms. The summed E-state index contributed by atoms with van der Waals surface area (Å²) < 4.78 is 10.9. The molecule has 0 aliphatic heterocycles. The van der Waals surface area contributed by atoms with Gasteiger partial charge >= 0.3 is 5.63 Å². The molecule has 4 rings (SSSR count). The number of halogens is 1. The Morgan fingerprint density at radius 2 is 1.87 bits per heavy atom. The average Bonchev–Trinajstić information content (AvgIpc) is 2.77. The number of benzene rings is 3. The summed E-state index contributed by atoms with van der Waals surface area (Å²) in [6, 6.07) is 17.2. The predicted molar refractivity (Wildman–Crippen MR) is 120 cm³/mol. The predicted octanol–water partition coefficient (Wildman–Crippen LogP) is 5.93. The Morgan fingerprint density at radius 1 is 1.10 bits per heavy atom. The minimum absolute atomic E-state index is 0.0219. The van der Waals surface area contributed by atoms with Crippen molar-refractivity contribution in [2.24, 2.45) is 0 Å². The van der Waals surface area contributed by atoms with Gasteiger partial charge in [-0.3, -0.25) is 10.1 Å². The van der Waals surface area contributed by atoms with Crippen molar-refractivity contribution >= 4 is 28.3 Å². The minimum atomic E-state index is -0.476. The van der Waals surface area contributed by atoms with Gasteiger partial charge in [0.05, 0.1) is 12.0 Å². The van der Waals surface area contributed by atoms with Gasteiger partial charge in [0.2, 0.25) is 0 Å². The zero-order chi connectivity index (χ0) is 22.1. The normalized spacial score (nSPS) is 10.9. The second kappa shape index (κ2) is 8.24. The first-order valence-corrected chi connectivity index (χ1v) is 9.88. The number of aryl methyl sites for hydroxylation is 1. The second-order valence-electron chi connectivity index (χ2n) is 7.16. The molecule has 156 valence electrons. The van der Waals surface area contributed by atoms with Crippen LogP contribution in [0.3, 0.4) is 0 Å². The molecule has 6 nitrogen and oxygen atoms in total. The van der Waals surface area contributed by atoms with E-state index in [0.717, 1.165) is 22.1 Å². The van der Waals surface area contributed by atoms with Gasteiger partial charge in [-0.15, -0.1) is 0 Å². The monoisotopic (exact) mass is 435 g/mol. The molecule has 0 N–H and O–H groups in total. The Morgan fingerprint density at radius 3 is 2.61 bits per heavy atom. The van der Waals surface area contributed by atoms with Gasteiger partial charge in [0.25, 0.3) is 5.69 Å². The van der Waals surface area contributed by atoms with Crippen LogP contribution < -0.4 is 10.4 Å². The summed E-state index contributed by atoms with van der Waals surface area (Å²) in [5.74, 6) is 0.693. The molecule has 4 aromatic rings. The van der Waals surface area contributed by atoms with Crippen LogP contribution in [0.1, 0.15) is 16.7 Å². The van der Waals surface area contributed by atoms with Crippen LogP contribution in [-0.4, -0.2) is 12.0 Å². The van der Waals surface area contributed by atoms with Gasteiger partial charge in [-0.2, -0.15) is 0 Å². The van der Waals surface area contributed by atoms with Gasteiger partial charge in [-0.25, -0.2) is 4.79 Å². The number of nitrogens with zero attached hydrogens (tertiary/aromatic N) is 1. The molecular formula is C24H18ClNO5. The van der Waals surface area contributed by atoms with Crippen LogP contribution in [0.25, 0.3) is 22.1 Å². The molecule has 3 aromatic carbocycles. The molecule has 0 saturated heterocycles. The molecule has 0 saturated carbocycles. The maximum absolute atomic E-state index is 12.8. The zero-order valence-corrected chi connectivity index (χ0v) is 17.6. The number of hydrogen-bond acceptors (Lipinski definition) is 5. The average molecular weight is 436 g/mol. The third kappa shape index (κ3) is 4.02. The van der Waals surface area contributed by atoms with Crippen molar-refractivity contribution in [2.45, 2.75) is 13.3 Å². The Balaban J connectivity index is 1.81. The van der Waals surface area contributed by atoms with E-state index in [2.05, 4.69) is 0 Å². The lowest BCUT2D eigenvalue weighted by atomic mass is 9.97. The highest BCUT2D eigenvalue weighted by atomic mass is 35.5. The van der Waals surface area contributed by atoms with E-state index in [9.17, 15) is 14.9 Å². The molecule has 0 aliphatic carbocycles. The number of nitro benzene ring substituents is 1. The lowest BCUT2D eigenvalue weighted by Gasteiger charge is -2.12. The summed E-state index contributed by atoms with van der Waals surface area (Å²) in [5, 5.41) is 12.3. The van der Waals surface area contributed by atoms with Gasteiger partial charge in [-0.1, -0.05) is 35.9 Å². The first-order valence-electron chi connectivity index (χ1n) is 9.51. The van der Waals surface area contributed by atoms with Crippen molar-refractivity contribution in [3.63, 3.8) is 0 Å². The maximum atomic E-state index is 12.8. The van der Waals surface area contributed by atoms with Crippen molar-refractivity contribution in [1.29, 1.82) is 0 Å². The zero-order valence-electron chi connectivity index (χ0n) is 16.8. The maximum Gasteiger partial charge on any atom is 0.340 e. The van der Waals surface area contributed by atoms with E-state index in [4.69, 9.17) is 20.8 Å². The highest BCUT2D eigenvalue weighted by Crippen LogP contribution is 2.35. The van der Waals surface area contributed by atoms with E-state index in [0.29, 0.717) is 27.5 Å². The number of methoxy groups -OCH3 is 1. The molecule has 0 unspecified atom stereocenters. The topological polar surface area (TPSA) is 82.6 Å². The molecule has 0 fully saturated rings. The van der Waals surface area contributed by atoms with Crippen LogP contribution in [-0.2, 0) is 6.42 Å². The molecule has 0 bridgehead atoms. The molecule has 1 aromatic heterocycles. The highest BCUT2D eigenvalue weighted by molar-refractivity contribution is 6.34. The van der Waals surface area contributed by atoms with Crippen LogP contribution >= 0.6 is 11.6 Å². The summed E-state index contributed by atoms with van der Waals surface area (Å²) in [5.41, 5.74) is 3.32. The number of rotatable bonds is 5. The SMILES string of the molecule is COc1cccc(-c2cc3oc(=O)c(Cc4cccc([N+](=O)[O-])c4)c(C)c3cc2Cl)c1. The van der Waals surface area contributed by atoms with E-state index >= 15 is 0 Å². The fraction of sp³-hybridized carbons (Fsp3) is 0.125. The van der Waals surface area contributed by atoms with Crippen LogP contribution in [0, 0.1) is 17.0 Å². The van der Waals surface area contributed by atoms with Crippen LogP contribution in [0.4, 0.5) is 5.69 Å². The Bertz CT molecular complexity index is 1380. The first kappa shape index (κ1) is 20.6. The number of non-ortho nitro benzene ring substituents is 1. The molecule has 0 aliphatic rings. The van der Waals surface area contributed by atoms with Gasteiger partial charge in [0.1, 0.15) is 11.3 Å². The fourth-order valence-electron chi connectivity index (χ4n) is 3.61. The number of ether oxygens (including phenoxy) is 1. The smallest absolute Gasteiger partial charge is 0.340 e. The van der Waals surface area contributed by atoms with Crippen LogP contribution in [0.2, 0.25) is 5.02 Å². The molecule has 0 radical (unpaired) electrons. The fourth-order valence-corrected chi connectivity index (χ4v) is 3.88. The Kier molecular flexibility index (Phi) is 5.48. The molecule has 0 atom stereocenters. The summed E-state index contributed by atoms with van der Waals surface area (Å²) in [4.78, 5) is 23.3. The largest absolute Gasteiger partial charge is 0.497 e. The second-order valence-corrected chi connectivity index (χ2v) is 7.56. The first-order chi connectivity index (χ1) is 14.9. The summed E-state index contributed by atoms with van der Waals surface area (Å²) in [6.45, 7) is 1.83. The Hall–Kier alpha value is -3.64. The number of nitro groups is 1. The van der Waals surface area contributed by atoms with Gasteiger partial charge in [0.15, 0.2) is 0 Å². The van der Waals surface area contributed by atoms with Gasteiger partial charge < -0.3 is 9.15 Å². The standard InChI is InChI=1S/C24H18ClNO5/c1-14-19-12-22(25)21(16-6-4-8-18(11-16)30-2)13-23(19)31-24(27)20(14)10-15-5-3-7-17(9-15)26(28)29/h3-9,11-13H,10H2,1-2H3. The summed E-state index contributed by atoms with van der Waals surface area (Å²) >= 11 is 6.58. The minimum Gasteiger partial charge on any atom is -0.497 e. The van der Waals surface area contributed by atoms with Crippen molar-refractivity contribution in [3.8, 4) is 16.9 Å². The van der Waals surface area contributed by atoms with Crippen molar-refractivity contribution < 1.29 is 14.1 Å². The van der Waals surface area contributed by atoms with E-state index < -0.39 is 10.5 Å². The molecule has 7 heteroatoms. The molecule has 1 heterocycles. The molecule has 31 heavy (non-hydrogen) atoms. The molecule has 0 amide bonds. The third-order valence-corrected chi connectivity index (χ3v) is 5.57. The van der Waals surface area contributed by atoms with E-state index in [1.165, 1.54) is 12.1 Å². The summed E-state index contributed by atoms with van der Waals surface area (Å²) in [7, 11) is 1.59. The van der Waals surface area contributed by atoms with Crippen LogP contribution in [0.5, 0.6) is 5.75 Å². The van der Waals surface area contributed by atoms with Gasteiger partial charge in [-0.05, 0) is 47.9 Å². The lowest BCUT2D eigenvalue weighted by Crippen LogP contribution is -2.11. The van der Waals surface area contributed by atoms with E-state index in [1.54, 1.807) is 31.4 Å². The van der Waals surface area contributed by atoms with Crippen molar-refractivity contribution in [1.82, 2.24) is 0 Å². The van der Waals surface area contributed by atoms with Crippen LogP contribution in [0.15, 0.2) is 69.9 Å². The lowest BCUT2D eigenvalue weighted by molar-refractivity contribution is -0.384. The third-order valence-electron chi connectivity index (χ3n) is 5.26. The number of fused-ring (bicyclic) bond motifs is 1. The number of hydrogen-bond donors (Lipinski definition) is 0. The van der Waals surface area contributed by atoms with Crippen molar-refractivity contribution in [2.75, 3.05) is 7.11 Å². The van der Waals surface area contributed by atoms with Gasteiger partial charge in [0, 0.05) is 40.1 Å².